The Balaban J connectivity index is 1.84. The molecule has 42 heavy (non-hydrogen) atoms. The van der Waals surface area contributed by atoms with Crippen molar-refractivity contribution in [3.05, 3.63) is 54.2 Å². The zero-order chi connectivity index (χ0) is 30.8. The zero-order valence-corrected chi connectivity index (χ0v) is 22.3. The number of carboxylic acids is 2. The van der Waals surface area contributed by atoms with Crippen molar-refractivity contribution in [2.24, 2.45) is 11.5 Å². The maximum atomic E-state index is 13.5. The third-order valence-electron chi connectivity index (χ3n) is 6.36. The Morgan fingerprint density at radius 2 is 1.55 bits per heavy atom. The number of aliphatic carboxylic acids is 2. The van der Waals surface area contributed by atoms with Crippen LogP contribution in [0.15, 0.2) is 43.0 Å². The number of aromatic amines is 2. The summed E-state index contributed by atoms with van der Waals surface area (Å²) in [5.41, 5.74) is 13.1. The van der Waals surface area contributed by atoms with Gasteiger partial charge >= 0.3 is 11.9 Å². The van der Waals surface area contributed by atoms with Crippen LogP contribution in [0.5, 0.6) is 0 Å². The fraction of sp³-hybridized carbons (Fsp3) is 0.346. The minimum Gasteiger partial charge on any atom is -0.481 e. The number of primary amides is 1. The number of hydrogen-bond acceptors (Lipinski definition) is 8. The Morgan fingerprint density at radius 3 is 2.19 bits per heavy atom. The van der Waals surface area contributed by atoms with Crippen molar-refractivity contribution in [3.63, 3.8) is 0 Å². The van der Waals surface area contributed by atoms with Gasteiger partial charge in [0.15, 0.2) is 0 Å². The van der Waals surface area contributed by atoms with Crippen LogP contribution in [0.2, 0.25) is 0 Å². The molecule has 0 aliphatic rings. The molecule has 0 saturated heterocycles. The first kappa shape index (κ1) is 31.3. The first-order chi connectivity index (χ1) is 19.9. The highest BCUT2D eigenvalue weighted by atomic mass is 16.4. The summed E-state index contributed by atoms with van der Waals surface area (Å²) in [5, 5.41) is 26.4. The lowest BCUT2D eigenvalue weighted by molar-refractivity contribution is -0.144. The normalized spacial score (nSPS) is 13.8. The molecule has 0 spiro atoms. The SMILES string of the molecule is NC(=O)CC(NC(=O)C(CCC(=O)O)NC(=O)C(Cc1c[nH]c2ccccc12)NC(=O)C(N)Cc1cnc[nH]1)C(=O)O. The van der Waals surface area contributed by atoms with E-state index in [1.165, 1.54) is 12.5 Å². The van der Waals surface area contributed by atoms with Crippen molar-refractivity contribution in [1.82, 2.24) is 30.9 Å². The molecule has 3 rings (SSSR count). The topological polar surface area (TPSA) is 275 Å². The van der Waals surface area contributed by atoms with Crippen molar-refractivity contribution >= 4 is 46.5 Å². The Labute approximate surface area is 238 Å². The van der Waals surface area contributed by atoms with Gasteiger partial charge in [0.25, 0.3) is 0 Å². The number of benzene rings is 1. The Hall–Kier alpha value is -5.25. The molecular formula is C26H32N8O8. The number of carbonyl (C=O) groups excluding carboxylic acids is 4. The van der Waals surface area contributed by atoms with E-state index in [-0.39, 0.29) is 12.8 Å². The summed E-state index contributed by atoms with van der Waals surface area (Å²) in [6.07, 6.45) is 2.94. The largest absolute Gasteiger partial charge is 0.481 e. The molecule has 0 radical (unpaired) electrons. The van der Waals surface area contributed by atoms with Gasteiger partial charge in [0.1, 0.15) is 18.1 Å². The van der Waals surface area contributed by atoms with E-state index in [1.54, 1.807) is 12.3 Å². The van der Waals surface area contributed by atoms with E-state index in [1.807, 2.05) is 18.2 Å². The fourth-order valence-corrected chi connectivity index (χ4v) is 4.22. The van der Waals surface area contributed by atoms with Crippen molar-refractivity contribution in [2.45, 2.75) is 56.3 Å². The van der Waals surface area contributed by atoms with E-state index < -0.39 is 79.0 Å². The van der Waals surface area contributed by atoms with Gasteiger partial charge in [-0.3, -0.25) is 24.0 Å². The van der Waals surface area contributed by atoms with Crippen LogP contribution in [0, 0.1) is 0 Å². The number of nitrogens with two attached hydrogens (primary N) is 2. The number of nitrogens with one attached hydrogen (secondary N) is 5. The highest BCUT2D eigenvalue weighted by Gasteiger charge is 2.32. The number of fused-ring (bicyclic) bond motifs is 1. The first-order valence-corrected chi connectivity index (χ1v) is 12.9. The molecule has 0 aliphatic heterocycles. The maximum Gasteiger partial charge on any atom is 0.326 e. The summed E-state index contributed by atoms with van der Waals surface area (Å²) < 4.78 is 0. The maximum absolute atomic E-state index is 13.5. The molecule has 0 bridgehead atoms. The molecule has 0 saturated carbocycles. The zero-order valence-electron chi connectivity index (χ0n) is 22.3. The Morgan fingerprint density at radius 1 is 0.881 bits per heavy atom. The van der Waals surface area contributed by atoms with Gasteiger partial charge in [0, 0.05) is 48.3 Å². The van der Waals surface area contributed by atoms with Crippen LogP contribution < -0.4 is 27.4 Å². The molecule has 4 amide bonds. The quantitative estimate of drug-likeness (QED) is 0.0918. The number of amides is 4. The lowest BCUT2D eigenvalue weighted by Gasteiger charge is -2.25. The van der Waals surface area contributed by atoms with Crippen molar-refractivity contribution in [1.29, 1.82) is 0 Å². The molecule has 1 aromatic carbocycles. The van der Waals surface area contributed by atoms with E-state index in [4.69, 9.17) is 16.6 Å². The van der Waals surface area contributed by atoms with Gasteiger partial charge in [-0.25, -0.2) is 9.78 Å². The van der Waals surface area contributed by atoms with Gasteiger partial charge in [-0.05, 0) is 18.1 Å². The molecule has 0 fully saturated rings. The average molecular weight is 585 g/mol. The number of rotatable bonds is 16. The molecular weight excluding hydrogens is 552 g/mol. The second-order valence-electron chi connectivity index (χ2n) is 9.58. The second kappa shape index (κ2) is 14.4. The van der Waals surface area contributed by atoms with E-state index in [9.17, 15) is 33.9 Å². The summed E-state index contributed by atoms with van der Waals surface area (Å²) in [6, 6.07) is 1.68. The van der Waals surface area contributed by atoms with Crippen molar-refractivity contribution in [2.75, 3.05) is 0 Å². The average Bonchev–Trinajstić information content (AvgIpc) is 3.59. The van der Waals surface area contributed by atoms with Gasteiger partial charge in [-0.1, -0.05) is 18.2 Å². The van der Waals surface area contributed by atoms with Gasteiger partial charge in [0.2, 0.25) is 23.6 Å². The van der Waals surface area contributed by atoms with Crippen LogP contribution in [-0.2, 0) is 41.6 Å². The number of imidazole rings is 1. The van der Waals surface area contributed by atoms with Crippen LogP contribution in [0.25, 0.3) is 10.9 Å². The van der Waals surface area contributed by atoms with E-state index in [0.29, 0.717) is 11.3 Å². The smallest absolute Gasteiger partial charge is 0.326 e. The van der Waals surface area contributed by atoms with Gasteiger partial charge in [-0.15, -0.1) is 0 Å². The summed E-state index contributed by atoms with van der Waals surface area (Å²) in [4.78, 5) is 83.3. The number of aromatic nitrogens is 3. The van der Waals surface area contributed by atoms with E-state index in [0.717, 1.165) is 10.9 Å². The van der Waals surface area contributed by atoms with Gasteiger partial charge in [-0.2, -0.15) is 0 Å². The van der Waals surface area contributed by atoms with Gasteiger partial charge < -0.3 is 47.6 Å². The highest BCUT2D eigenvalue weighted by Crippen LogP contribution is 2.19. The standard InChI is InChI=1S/C26H32N8O8/c27-16(8-14-11-29-12-31-14)23(38)33-19(7-13-10-30-17-4-2-1-3-15(13)17)25(40)32-18(5-6-22(36)37)24(39)34-20(26(41)42)9-21(28)35/h1-4,10-12,16,18-20,30H,5-9,27H2,(H2,28,35)(H,29,31)(H,32,40)(H,33,38)(H,34,39)(H,36,37)(H,41,42). The Bertz CT molecular complexity index is 1440. The third kappa shape index (κ3) is 8.88. The fourth-order valence-electron chi connectivity index (χ4n) is 4.22. The number of carbonyl (C=O) groups is 6. The molecule has 11 N–H and O–H groups in total. The molecule has 2 aromatic heterocycles. The van der Waals surface area contributed by atoms with Crippen LogP contribution in [0.3, 0.4) is 0 Å². The van der Waals surface area contributed by atoms with E-state index >= 15 is 0 Å². The number of hydrogen-bond donors (Lipinski definition) is 9. The number of nitrogens with zero attached hydrogens (tertiary/aromatic N) is 1. The molecule has 3 aromatic rings. The summed E-state index contributed by atoms with van der Waals surface area (Å²) in [6.45, 7) is 0. The summed E-state index contributed by atoms with van der Waals surface area (Å²) in [7, 11) is 0. The summed E-state index contributed by atoms with van der Waals surface area (Å²) >= 11 is 0. The third-order valence-corrected chi connectivity index (χ3v) is 6.36. The predicted octanol–water partition coefficient (Wildman–Crippen LogP) is -1.72. The van der Waals surface area contributed by atoms with Crippen molar-refractivity contribution in [3.8, 4) is 0 Å². The van der Waals surface area contributed by atoms with Crippen molar-refractivity contribution < 1.29 is 39.0 Å². The minimum atomic E-state index is -1.71. The monoisotopic (exact) mass is 584 g/mol. The molecule has 224 valence electrons. The number of para-hydroxylation sites is 1. The molecule has 4 atom stereocenters. The second-order valence-corrected chi connectivity index (χ2v) is 9.58. The lowest BCUT2D eigenvalue weighted by atomic mass is 10.0. The highest BCUT2D eigenvalue weighted by molar-refractivity contribution is 5.95. The van der Waals surface area contributed by atoms with Crippen LogP contribution >= 0.6 is 0 Å². The van der Waals surface area contributed by atoms with Crippen LogP contribution in [-0.4, -0.2) is 84.9 Å². The predicted molar refractivity (Wildman–Crippen MR) is 146 cm³/mol. The molecule has 16 heteroatoms. The molecule has 16 nitrogen and oxygen atoms in total. The number of carboxylic acid groups (broad SMARTS) is 2. The molecule has 2 heterocycles. The first-order valence-electron chi connectivity index (χ1n) is 12.9. The Kier molecular flexibility index (Phi) is 10.7. The van der Waals surface area contributed by atoms with Gasteiger partial charge in [0.05, 0.1) is 18.8 Å². The lowest BCUT2D eigenvalue weighted by Crippen LogP contribution is -2.58. The van der Waals surface area contributed by atoms with Crippen LogP contribution in [0.4, 0.5) is 0 Å². The molecule has 0 aliphatic carbocycles. The van der Waals surface area contributed by atoms with Crippen LogP contribution in [0.1, 0.15) is 30.5 Å². The summed E-state index contributed by atoms with van der Waals surface area (Å²) in [5.74, 6) is -6.41. The van der Waals surface area contributed by atoms with E-state index in [2.05, 4.69) is 30.9 Å². The minimum absolute atomic E-state index is 0.0366. The number of H-pyrrole nitrogens is 2. The molecule has 4 unspecified atom stereocenters.